The summed E-state index contributed by atoms with van der Waals surface area (Å²) >= 11 is 6.37. The van der Waals surface area contributed by atoms with E-state index in [9.17, 15) is 0 Å². The van der Waals surface area contributed by atoms with E-state index in [-0.39, 0.29) is 0 Å². The normalized spacial score (nSPS) is 16.3. The maximum atomic E-state index is 6.37. The molecule has 1 saturated carbocycles. The van der Waals surface area contributed by atoms with Crippen molar-refractivity contribution >= 4 is 22.5 Å². The molecule has 3 rings (SSSR count). The highest BCUT2D eigenvalue weighted by molar-refractivity contribution is 6.35. The Hall–Kier alpha value is -1.28. The summed E-state index contributed by atoms with van der Waals surface area (Å²) in [4.78, 5) is 4.75. The zero-order valence-corrected chi connectivity index (χ0v) is 11.2. The van der Waals surface area contributed by atoms with Crippen LogP contribution in [0.3, 0.4) is 0 Å². The zero-order chi connectivity index (χ0) is 12.5. The van der Waals surface area contributed by atoms with Crippen LogP contribution >= 0.6 is 11.6 Å². The van der Waals surface area contributed by atoms with Crippen molar-refractivity contribution in [3.8, 4) is 5.75 Å². The summed E-state index contributed by atoms with van der Waals surface area (Å²) in [6, 6.07) is 7.89. The molecule has 3 heteroatoms. The molecule has 1 fully saturated rings. The van der Waals surface area contributed by atoms with Gasteiger partial charge in [-0.1, -0.05) is 24.4 Å². The van der Waals surface area contributed by atoms with Gasteiger partial charge in [0.05, 0.1) is 17.6 Å². The lowest BCUT2D eigenvalue weighted by molar-refractivity contribution is 0.415. The molecular formula is C15H16ClNO. The van der Waals surface area contributed by atoms with E-state index < -0.39 is 0 Å². The maximum Gasteiger partial charge on any atom is 0.119 e. The standard InChI is InChI=1S/C15H16ClNO/c1-18-11-6-7-14-12(8-11)13(16)9-15(17-14)10-4-2-3-5-10/h6-10H,2-5H2,1H3. The van der Waals surface area contributed by atoms with E-state index in [0.717, 1.165) is 27.4 Å². The van der Waals surface area contributed by atoms with E-state index in [2.05, 4.69) is 0 Å². The Kier molecular flexibility index (Phi) is 3.13. The van der Waals surface area contributed by atoms with Gasteiger partial charge in [0.15, 0.2) is 0 Å². The van der Waals surface area contributed by atoms with Crippen LogP contribution in [0.5, 0.6) is 5.75 Å². The van der Waals surface area contributed by atoms with Gasteiger partial charge in [0.1, 0.15) is 5.75 Å². The number of fused-ring (bicyclic) bond motifs is 1. The average Bonchev–Trinajstić information content (AvgIpc) is 2.92. The fraction of sp³-hybridized carbons (Fsp3) is 0.400. The predicted molar refractivity (Wildman–Crippen MR) is 74.5 cm³/mol. The number of hydrogen-bond acceptors (Lipinski definition) is 2. The molecule has 1 aliphatic rings. The van der Waals surface area contributed by atoms with Gasteiger partial charge >= 0.3 is 0 Å². The Labute approximate surface area is 112 Å². The summed E-state index contributed by atoms with van der Waals surface area (Å²) in [5.41, 5.74) is 2.11. The highest BCUT2D eigenvalue weighted by Gasteiger charge is 2.19. The third-order valence-electron chi connectivity index (χ3n) is 3.76. The molecule has 2 nitrogen and oxygen atoms in total. The minimum atomic E-state index is 0.592. The van der Waals surface area contributed by atoms with Gasteiger partial charge in [-0.25, -0.2) is 0 Å². The lowest BCUT2D eigenvalue weighted by Crippen LogP contribution is -1.97. The Morgan fingerprint density at radius 1 is 1.22 bits per heavy atom. The van der Waals surface area contributed by atoms with Crippen LogP contribution in [-0.4, -0.2) is 12.1 Å². The molecule has 1 aliphatic carbocycles. The van der Waals surface area contributed by atoms with Crippen LogP contribution in [-0.2, 0) is 0 Å². The van der Waals surface area contributed by atoms with Gasteiger partial charge < -0.3 is 4.74 Å². The van der Waals surface area contributed by atoms with E-state index in [1.54, 1.807) is 7.11 Å². The summed E-state index contributed by atoms with van der Waals surface area (Å²) in [7, 11) is 1.66. The number of methoxy groups -OCH3 is 1. The molecule has 1 aromatic carbocycles. The molecule has 0 aliphatic heterocycles. The molecule has 0 amide bonds. The minimum absolute atomic E-state index is 0.592. The van der Waals surface area contributed by atoms with Crippen molar-refractivity contribution in [3.63, 3.8) is 0 Å². The fourth-order valence-corrected chi connectivity index (χ4v) is 3.00. The Morgan fingerprint density at radius 2 is 2.00 bits per heavy atom. The summed E-state index contributed by atoms with van der Waals surface area (Å²) in [6.07, 6.45) is 5.10. The molecule has 0 bridgehead atoms. The first-order chi connectivity index (χ1) is 8.78. The van der Waals surface area contributed by atoms with Gasteiger partial charge in [0, 0.05) is 17.0 Å². The molecule has 18 heavy (non-hydrogen) atoms. The van der Waals surface area contributed by atoms with E-state index in [0.29, 0.717) is 5.92 Å². The quantitative estimate of drug-likeness (QED) is 0.791. The molecule has 2 aromatic rings. The second-order valence-electron chi connectivity index (χ2n) is 4.89. The third-order valence-corrected chi connectivity index (χ3v) is 4.07. The lowest BCUT2D eigenvalue weighted by atomic mass is 10.0. The highest BCUT2D eigenvalue weighted by Crippen LogP contribution is 2.36. The SMILES string of the molecule is COc1ccc2nc(C3CCCC3)cc(Cl)c2c1. The van der Waals surface area contributed by atoms with Crippen LogP contribution in [0.15, 0.2) is 24.3 Å². The summed E-state index contributed by atoms with van der Waals surface area (Å²) in [6.45, 7) is 0. The third kappa shape index (κ3) is 2.05. The maximum absolute atomic E-state index is 6.37. The molecule has 0 unspecified atom stereocenters. The van der Waals surface area contributed by atoms with Gasteiger partial charge in [-0.2, -0.15) is 0 Å². The van der Waals surface area contributed by atoms with Gasteiger partial charge in [0.25, 0.3) is 0 Å². The number of nitrogens with zero attached hydrogens (tertiary/aromatic N) is 1. The first kappa shape index (κ1) is 11.8. The molecule has 0 N–H and O–H groups in total. The van der Waals surface area contributed by atoms with Crippen molar-refractivity contribution in [2.24, 2.45) is 0 Å². The summed E-state index contributed by atoms with van der Waals surface area (Å²) < 4.78 is 5.22. The predicted octanol–water partition coefficient (Wildman–Crippen LogP) is 4.55. The van der Waals surface area contributed by atoms with E-state index in [4.69, 9.17) is 21.3 Å². The van der Waals surface area contributed by atoms with Crippen molar-refractivity contribution in [1.82, 2.24) is 4.98 Å². The number of rotatable bonds is 2. The zero-order valence-electron chi connectivity index (χ0n) is 10.4. The number of aromatic nitrogens is 1. The van der Waals surface area contributed by atoms with Gasteiger partial charge in [0.2, 0.25) is 0 Å². The van der Waals surface area contributed by atoms with E-state index in [1.807, 2.05) is 24.3 Å². The first-order valence-electron chi connectivity index (χ1n) is 6.42. The number of pyridine rings is 1. The number of hydrogen-bond donors (Lipinski definition) is 0. The van der Waals surface area contributed by atoms with Crippen molar-refractivity contribution in [3.05, 3.63) is 35.0 Å². The lowest BCUT2D eigenvalue weighted by Gasteiger charge is -2.11. The monoisotopic (exact) mass is 261 g/mol. The Morgan fingerprint density at radius 3 is 2.72 bits per heavy atom. The Bertz CT molecular complexity index is 576. The molecule has 0 atom stereocenters. The summed E-state index contributed by atoms with van der Waals surface area (Å²) in [5, 5.41) is 1.75. The van der Waals surface area contributed by atoms with Crippen LogP contribution in [0, 0.1) is 0 Å². The molecule has 1 aromatic heterocycles. The average molecular weight is 262 g/mol. The second kappa shape index (κ2) is 4.77. The Balaban J connectivity index is 2.09. The van der Waals surface area contributed by atoms with Gasteiger partial charge in [-0.15, -0.1) is 0 Å². The van der Waals surface area contributed by atoms with Crippen molar-refractivity contribution in [2.45, 2.75) is 31.6 Å². The number of benzene rings is 1. The number of halogens is 1. The van der Waals surface area contributed by atoms with Crippen molar-refractivity contribution in [1.29, 1.82) is 0 Å². The molecule has 94 valence electrons. The van der Waals surface area contributed by atoms with Crippen LogP contribution in [0.25, 0.3) is 10.9 Å². The van der Waals surface area contributed by atoms with Crippen molar-refractivity contribution < 1.29 is 4.74 Å². The molecular weight excluding hydrogens is 246 g/mol. The summed E-state index contributed by atoms with van der Waals surface area (Å²) in [5.74, 6) is 1.41. The molecule has 0 saturated heterocycles. The second-order valence-corrected chi connectivity index (χ2v) is 5.30. The van der Waals surface area contributed by atoms with Gasteiger partial charge in [-0.3, -0.25) is 4.98 Å². The van der Waals surface area contributed by atoms with E-state index in [1.165, 1.54) is 25.7 Å². The largest absolute Gasteiger partial charge is 0.497 e. The molecule has 0 radical (unpaired) electrons. The fourth-order valence-electron chi connectivity index (χ4n) is 2.74. The smallest absolute Gasteiger partial charge is 0.119 e. The van der Waals surface area contributed by atoms with Crippen LogP contribution in [0.2, 0.25) is 5.02 Å². The molecule has 1 heterocycles. The topological polar surface area (TPSA) is 22.1 Å². The van der Waals surface area contributed by atoms with Crippen LogP contribution in [0.1, 0.15) is 37.3 Å². The molecule has 0 spiro atoms. The minimum Gasteiger partial charge on any atom is -0.497 e. The first-order valence-corrected chi connectivity index (χ1v) is 6.80. The number of ether oxygens (including phenoxy) is 1. The van der Waals surface area contributed by atoms with Crippen LogP contribution < -0.4 is 4.74 Å². The van der Waals surface area contributed by atoms with Gasteiger partial charge in [-0.05, 0) is 37.1 Å². The van der Waals surface area contributed by atoms with Crippen molar-refractivity contribution in [2.75, 3.05) is 7.11 Å². The highest BCUT2D eigenvalue weighted by atomic mass is 35.5. The van der Waals surface area contributed by atoms with E-state index >= 15 is 0 Å². The van der Waals surface area contributed by atoms with Crippen LogP contribution in [0.4, 0.5) is 0 Å².